The van der Waals surface area contributed by atoms with E-state index in [1.807, 2.05) is 6.07 Å². The Morgan fingerprint density at radius 3 is 2.45 bits per heavy atom. The van der Waals surface area contributed by atoms with E-state index in [-0.39, 0.29) is 6.04 Å². The fourth-order valence-electron chi connectivity index (χ4n) is 4.72. The number of rotatable bonds is 8. The lowest BCUT2D eigenvalue weighted by Crippen LogP contribution is -2.50. The molecule has 0 saturated carbocycles. The predicted octanol–water partition coefficient (Wildman–Crippen LogP) is 2.93. The second-order valence-electron chi connectivity index (χ2n) is 8.38. The van der Waals surface area contributed by atoms with Gasteiger partial charge in [0.1, 0.15) is 0 Å². The predicted molar refractivity (Wildman–Crippen MR) is 114 cm³/mol. The minimum Gasteiger partial charge on any atom is -0.303 e. The molecule has 2 unspecified atom stereocenters. The first-order valence-electron chi connectivity index (χ1n) is 10.5. The van der Waals surface area contributed by atoms with Crippen molar-refractivity contribution in [2.45, 2.75) is 44.6 Å². The van der Waals surface area contributed by atoms with Crippen molar-refractivity contribution in [2.75, 3.05) is 32.7 Å². The van der Waals surface area contributed by atoms with Crippen molar-refractivity contribution in [1.82, 2.24) is 9.21 Å². The lowest BCUT2D eigenvalue weighted by Gasteiger charge is -2.39. The van der Waals surface area contributed by atoms with E-state index in [2.05, 4.69) is 39.2 Å². The Morgan fingerprint density at radius 2 is 1.79 bits per heavy atom. The van der Waals surface area contributed by atoms with E-state index in [9.17, 15) is 8.42 Å². The maximum Gasteiger partial charge on any atom is 0.277 e. The molecule has 0 aromatic heterocycles. The van der Waals surface area contributed by atoms with Gasteiger partial charge < -0.3 is 4.90 Å². The van der Waals surface area contributed by atoms with Crippen LogP contribution in [0.5, 0.6) is 0 Å². The van der Waals surface area contributed by atoms with Gasteiger partial charge in [0.15, 0.2) is 0 Å². The highest BCUT2D eigenvalue weighted by Gasteiger charge is 2.34. The fraction of sp³-hybridized carbons (Fsp3) is 0.700. The minimum absolute atomic E-state index is 0.0339. The number of nitrogens with zero attached hydrogens (tertiary/aromatic N) is 5. The summed E-state index contributed by atoms with van der Waals surface area (Å²) < 4.78 is 25.7. The van der Waals surface area contributed by atoms with Gasteiger partial charge in [0.05, 0.1) is 0 Å². The molecular formula is C20H32N6O2S. The van der Waals surface area contributed by atoms with Crippen LogP contribution in [0.15, 0.2) is 35.4 Å². The van der Waals surface area contributed by atoms with Crippen LogP contribution in [0.2, 0.25) is 0 Å². The molecule has 2 N–H and O–H groups in total. The Labute approximate surface area is 173 Å². The molecule has 160 valence electrons. The number of likely N-dealkylation sites (tertiary alicyclic amines) is 1. The maximum absolute atomic E-state index is 12.1. The molecule has 2 atom stereocenters. The molecule has 0 aliphatic carbocycles. The third kappa shape index (κ3) is 6.69. The first-order chi connectivity index (χ1) is 14.0. The highest BCUT2D eigenvalue weighted by atomic mass is 32.2. The molecule has 29 heavy (non-hydrogen) atoms. The molecule has 2 aliphatic heterocycles. The van der Waals surface area contributed by atoms with Crippen LogP contribution in [0.1, 0.15) is 37.7 Å². The van der Waals surface area contributed by atoms with E-state index in [0.29, 0.717) is 24.9 Å². The number of nitrogens with two attached hydrogens (primary N) is 1. The number of azide groups is 1. The summed E-state index contributed by atoms with van der Waals surface area (Å²) in [6, 6.07) is 10.4. The standard InChI is InChI=1S/C20H32N6O2S/c21-24-23-16-18-6-10-25(11-7-18)12-9-20-15-19(8-13-26(20)29(22,27)28)14-17-4-2-1-3-5-17/h1-5,18-20H,6-16H2,(H2,22,27,28). The highest BCUT2D eigenvalue weighted by molar-refractivity contribution is 7.86. The minimum atomic E-state index is -3.67. The summed E-state index contributed by atoms with van der Waals surface area (Å²) in [6.45, 7) is 3.91. The zero-order chi connectivity index (χ0) is 20.7. The largest absolute Gasteiger partial charge is 0.303 e. The van der Waals surface area contributed by atoms with Crippen LogP contribution in [-0.2, 0) is 16.6 Å². The molecule has 8 nitrogen and oxygen atoms in total. The zero-order valence-corrected chi connectivity index (χ0v) is 17.8. The van der Waals surface area contributed by atoms with E-state index >= 15 is 0 Å². The molecule has 0 spiro atoms. The molecule has 0 amide bonds. The molecular weight excluding hydrogens is 388 g/mol. The van der Waals surface area contributed by atoms with Crippen LogP contribution in [-0.4, -0.2) is 56.4 Å². The van der Waals surface area contributed by atoms with Gasteiger partial charge in [0.25, 0.3) is 10.2 Å². The van der Waals surface area contributed by atoms with Crippen molar-refractivity contribution in [3.05, 3.63) is 46.3 Å². The van der Waals surface area contributed by atoms with Crippen molar-refractivity contribution in [1.29, 1.82) is 0 Å². The smallest absolute Gasteiger partial charge is 0.277 e. The summed E-state index contributed by atoms with van der Waals surface area (Å²) in [5.41, 5.74) is 9.77. The van der Waals surface area contributed by atoms with Gasteiger partial charge >= 0.3 is 0 Å². The Morgan fingerprint density at radius 1 is 1.10 bits per heavy atom. The second kappa shape index (κ2) is 10.4. The molecule has 9 heteroatoms. The van der Waals surface area contributed by atoms with E-state index in [0.717, 1.165) is 58.2 Å². The summed E-state index contributed by atoms with van der Waals surface area (Å²) in [4.78, 5) is 5.25. The summed E-state index contributed by atoms with van der Waals surface area (Å²) in [5.74, 6) is 0.947. The average Bonchev–Trinajstić information content (AvgIpc) is 2.71. The normalized spacial score (nSPS) is 24.9. The van der Waals surface area contributed by atoms with E-state index in [1.54, 1.807) is 0 Å². The number of benzene rings is 1. The Hall–Kier alpha value is -1.64. The number of hydrogen-bond acceptors (Lipinski definition) is 4. The van der Waals surface area contributed by atoms with Crippen molar-refractivity contribution in [3.8, 4) is 0 Å². The summed E-state index contributed by atoms with van der Waals surface area (Å²) in [5, 5.41) is 9.21. The van der Waals surface area contributed by atoms with E-state index in [4.69, 9.17) is 10.7 Å². The van der Waals surface area contributed by atoms with Crippen LogP contribution in [0, 0.1) is 11.8 Å². The van der Waals surface area contributed by atoms with Crippen molar-refractivity contribution >= 4 is 10.2 Å². The zero-order valence-electron chi connectivity index (χ0n) is 16.9. The molecule has 1 aromatic carbocycles. The van der Waals surface area contributed by atoms with Gasteiger partial charge in [0, 0.05) is 24.0 Å². The molecule has 2 heterocycles. The molecule has 0 bridgehead atoms. The highest BCUT2D eigenvalue weighted by Crippen LogP contribution is 2.29. The third-order valence-corrected chi connectivity index (χ3v) is 7.49. The Balaban J connectivity index is 1.54. The lowest BCUT2D eigenvalue weighted by atomic mass is 9.86. The summed E-state index contributed by atoms with van der Waals surface area (Å²) in [7, 11) is -3.67. The molecule has 3 rings (SSSR count). The van der Waals surface area contributed by atoms with Gasteiger partial charge in [-0.05, 0) is 81.1 Å². The van der Waals surface area contributed by atoms with Gasteiger partial charge in [-0.15, -0.1) is 0 Å². The van der Waals surface area contributed by atoms with Gasteiger partial charge in [0.2, 0.25) is 0 Å². The molecule has 1 aromatic rings. The van der Waals surface area contributed by atoms with Crippen molar-refractivity contribution in [3.63, 3.8) is 0 Å². The third-order valence-electron chi connectivity index (χ3n) is 6.35. The molecule has 2 aliphatic rings. The van der Waals surface area contributed by atoms with Crippen molar-refractivity contribution in [2.24, 2.45) is 22.1 Å². The number of piperidine rings is 2. The topological polar surface area (TPSA) is 115 Å². The first kappa shape index (κ1) is 22.1. The van der Waals surface area contributed by atoms with Gasteiger partial charge in [-0.2, -0.15) is 12.7 Å². The summed E-state index contributed by atoms with van der Waals surface area (Å²) >= 11 is 0. The van der Waals surface area contributed by atoms with Gasteiger partial charge in [-0.3, -0.25) is 0 Å². The first-order valence-corrected chi connectivity index (χ1v) is 12.0. The monoisotopic (exact) mass is 420 g/mol. The van der Waals surface area contributed by atoms with Crippen LogP contribution in [0.4, 0.5) is 0 Å². The van der Waals surface area contributed by atoms with Crippen LogP contribution >= 0.6 is 0 Å². The number of hydrogen-bond donors (Lipinski definition) is 1. The van der Waals surface area contributed by atoms with E-state index in [1.165, 1.54) is 9.87 Å². The summed E-state index contributed by atoms with van der Waals surface area (Å²) in [6.07, 6.45) is 5.56. The van der Waals surface area contributed by atoms with Crippen LogP contribution in [0.3, 0.4) is 0 Å². The molecule has 2 fully saturated rings. The molecule has 2 saturated heterocycles. The van der Waals surface area contributed by atoms with Gasteiger partial charge in [-0.1, -0.05) is 35.4 Å². The van der Waals surface area contributed by atoms with Crippen LogP contribution in [0.25, 0.3) is 10.4 Å². The Kier molecular flexibility index (Phi) is 7.91. The van der Waals surface area contributed by atoms with Crippen molar-refractivity contribution < 1.29 is 8.42 Å². The maximum atomic E-state index is 12.1. The van der Waals surface area contributed by atoms with Gasteiger partial charge in [-0.25, -0.2) is 5.14 Å². The SMILES string of the molecule is [N-]=[N+]=NCC1CCN(CCC2CC(Cc3ccccc3)CCN2S(N)(=O)=O)CC1. The molecule has 0 radical (unpaired) electrons. The quantitative estimate of drug-likeness (QED) is 0.396. The Bertz CT molecular complexity index is 788. The second-order valence-corrected chi connectivity index (χ2v) is 9.88. The van der Waals surface area contributed by atoms with Crippen LogP contribution < -0.4 is 5.14 Å². The fourth-order valence-corrected chi connectivity index (χ4v) is 5.69. The average molecular weight is 421 g/mol. The van der Waals surface area contributed by atoms with E-state index < -0.39 is 10.2 Å². The lowest BCUT2D eigenvalue weighted by molar-refractivity contribution is 0.142.